The van der Waals surface area contributed by atoms with E-state index >= 15 is 0 Å². The molecule has 1 aromatic heterocycles. The summed E-state index contributed by atoms with van der Waals surface area (Å²) in [5.74, 6) is 0.0537. The van der Waals surface area contributed by atoms with Crippen molar-refractivity contribution in [2.24, 2.45) is 0 Å². The van der Waals surface area contributed by atoms with Crippen molar-refractivity contribution in [3.8, 4) is 11.3 Å². The molecule has 5 heteroatoms. The summed E-state index contributed by atoms with van der Waals surface area (Å²) in [6, 6.07) is 16.8. The predicted octanol–water partition coefficient (Wildman–Crippen LogP) is 3.35. The van der Waals surface area contributed by atoms with E-state index in [2.05, 4.69) is 76.4 Å². The molecule has 1 amide bonds. The number of nitrogens with zero attached hydrogens (tertiary/aromatic N) is 4. The Kier molecular flexibility index (Phi) is 5.59. The van der Waals surface area contributed by atoms with Crippen molar-refractivity contribution in [1.29, 1.82) is 0 Å². The third-order valence-corrected chi connectivity index (χ3v) is 6.28. The molecule has 0 saturated carbocycles. The van der Waals surface area contributed by atoms with E-state index < -0.39 is 0 Å². The fourth-order valence-electron chi connectivity index (χ4n) is 4.59. The van der Waals surface area contributed by atoms with Gasteiger partial charge in [0.15, 0.2) is 0 Å². The summed E-state index contributed by atoms with van der Waals surface area (Å²) in [5.41, 5.74) is 7.02. The van der Waals surface area contributed by atoms with Gasteiger partial charge in [0.05, 0.1) is 17.0 Å². The lowest BCUT2D eigenvalue weighted by Crippen LogP contribution is -2.32. The highest BCUT2D eigenvalue weighted by atomic mass is 16.2. The van der Waals surface area contributed by atoms with Gasteiger partial charge in [-0.25, -0.2) is 0 Å². The molecule has 0 radical (unpaired) electrons. The summed E-state index contributed by atoms with van der Waals surface area (Å²) in [4.78, 5) is 19.7. The third kappa shape index (κ3) is 3.29. The van der Waals surface area contributed by atoms with Gasteiger partial charge in [-0.15, -0.1) is 0 Å². The fourth-order valence-corrected chi connectivity index (χ4v) is 4.59. The summed E-state index contributed by atoms with van der Waals surface area (Å²) in [5, 5.41) is 1.85. The number of rotatable bonds is 6. The van der Waals surface area contributed by atoms with Crippen LogP contribution in [0.5, 0.6) is 0 Å². The predicted molar refractivity (Wildman–Crippen MR) is 135 cm³/mol. The molecule has 1 aliphatic rings. The van der Waals surface area contributed by atoms with Crippen LogP contribution in [0.1, 0.15) is 29.8 Å². The van der Waals surface area contributed by atoms with Crippen LogP contribution < -0.4 is 20.4 Å². The van der Waals surface area contributed by atoms with E-state index in [-0.39, 0.29) is 5.91 Å². The second-order valence-electron chi connectivity index (χ2n) is 8.57. The van der Waals surface area contributed by atoms with Gasteiger partial charge in [0.25, 0.3) is 5.91 Å². The molecule has 166 valence electrons. The first-order valence-corrected chi connectivity index (χ1v) is 11.1. The van der Waals surface area contributed by atoms with Crippen LogP contribution in [0, 0.1) is 0 Å². The number of hydrogen-bond donors (Lipinski definition) is 0. The molecule has 0 spiro atoms. The molecule has 0 bridgehead atoms. The molecular weight excluding hydrogens is 396 g/mol. The monoisotopic (exact) mass is 428 g/mol. The van der Waals surface area contributed by atoms with Gasteiger partial charge in [0.1, 0.15) is 0 Å². The molecule has 32 heavy (non-hydrogen) atoms. The van der Waals surface area contributed by atoms with Gasteiger partial charge in [-0.1, -0.05) is 30.8 Å². The van der Waals surface area contributed by atoms with Crippen molar-refractivity contribution in [3.63, 3.8) is 0 Å². The minimum Gasteiger partial charge on any atom is -0.378 e. The lowest BCUT2D eigenvalue weighted by Gasteiger charge is -2.21. The number of carbonyl (C=O) groups is 1. The zero-order valence-electron chi connectivity index (χ0n) is 19.9. The molecule has 0 aliphatic carbocycles. The molecule has 2 aromatic carbocycles. The Morgan fingerprint density at radius 2 is 1.28 bits per heavy atom. The minimum atomic E-state index is 0.0537. The summed E-state index contributed by atoms with van der Waals surface area (Å²) >= 11 is 0. The van der Waals surface area contributed by atoms with E-state index in [9.17, 15) is 4.79 Å². The van der Waals surface area contributed by atoms with Crippen LogP contribution >= 0.6 is 0 Å². The Bertz CT molecular complexity index is 1270. The van der Waals surface area contributed by atoms with Gasteiger partial charge in [-0.05, 0) is 49.2 Å². The number of carbonyl (C=O) groups excluding carboxylic acids is 1. The Hall–Kier alpha value is -3.47. The van der Waals surface area contributed by atoms with Crippen molar-refractivity contribution in [1.82, 2.24) is 9.47 Å². The van der Waals surface area contributed by atoms with E-state index in [0.717, 1.165) is 56.6 Å². The van der Waals surface area contributed by atoms with Crippen molar-refractivity contribution < 1.29 is 4.79 Å². The Morgan fingerprint density at radius 3 is 1.72 bits per heavy atom. The average molecular weight is 429 g/mol. The third-order valence-electron chi connectivity index (χ3n) is 6.28. The van der Waals surface area contributed by atoms with Crippen molar-refractivity contribution in [2.45, 2.75) is 20.4 Å². The highest BCUT2D eigenvalue weighted by molar-refractivity contribution is 6.09. The van der Waals surface area contributed by atoms with Gasteiger partial charge < -0.3 is 19.3 Å². The van der Waals surface area contributed by atoms with Crippen LogP contribution in [0.2, 0.25) is 0 Å². The molecule has 0 fully saturated rings. The van der Waals surface area contributed by atoms with Crippen molar-refractivity contribution in [3.05, 3.63) is 70.2 Å². The summed E-state index contributed by atoms with van der Waals surface area (Å²) in [7, 11) is 8.11. The maximum atomic E-state index is 13.7. The number of hydrogen-bond acceptors (Lipinski definition) is 3. The van der Waals surface area contributed by atoms with Crippen LogP contribution in [0.15, 0.2) is 48.5 Å². The molecule has 0 unspecified atom stereocenters. The number of fused-ring (bicyclic) bond motifs is 1. The topological polar surface area (TPSA) is 31.7 Å². The minimum absolute atomic E-state index is 0.0537. The largest absolute Gasteiger partial charge is 0.378 e. The van der Waals surface area contributed by atoms with E-state index in [1.807, 2.05) is 40.0 Å². The van der Waals surface area contributed by atoms with Crippen LogP contribution in [-0.4, -0.2) is 50.1 Å². The van der Waals surface area contributed by atoms with Gasteiger partial charge in [0.2, 0.25) is 0 Å². The number of amides is 1. The first-order chi connectivity index (χ1) is 15.3. The standard InChI is InChI=1S/C27H32N4O/c1-8-30-18(3)23-24(26(30)20-12-16-22(17-13-20)29(6)7)27(32)31(9-2)25(23)19-10-14-21(15-11-19)28(4)5/h10-17H,3,8-9H2,1-2,4-7H3. The number of anilines is 2. The zero-order valence-corrected chi connectivity index (χ0v) is 19.9. The molecule has 0 N–H and O–H groups in total. The SMILES string of the molecule is C=c1c2c(c(-c3ccc(N(C)C)cc3)n1CC)C(=O)N(CC)C=2c1ccc(N(C)C)cc1. The van der Waals surface area contributed by atoms with Gasteiger partial charge >= 0.3 is 0 Å². The highest BCUT2D eigenvalue weighted by Gasteiger charge is 2.34. The van der Waals surface area contributed by atoms with Crippen molar-refractivity contribution in [2.75, 3.05) is 44.5 Å². The molecule has 2 heterocycles. The van der Waals surface area contributed by atoms with Gasteiger partial charge in [-0.3, -0.25) is 4.79 Å². The maximum absolute atomic E-state index is 13.7. The lowest BCUT2D eigenvalue weighted by molar-refractivity contribution is 0.0852. The second-order valence-corrected chi connectivity index (χ2v) is 8.57. The van der Waals surface area contributed by atoms with Gasteiger partial charge in [-0.2, -0.15) is 0 Å². The Labute approximate surface area is 190 Å². The maximum Gasteiger partial charge on any atom is 0.261 e. The van der Waals surface area contributed by atoms with Crippen LogP contribution in [-0.2, 0) is 6.54 Å². The highest BCUT2D eigenvalue weighted by Crippen LogP contribution is 2.31. The molecule has 5 nitrogen and oxygen atoms in total. The Morgan fingerprint density at radius 1 is 0.781 bits per heavy atom. The normalized spacial score (nSPS) is 13.0. The fraction of sp³-hybridized carbons (Fsp3) is 0.296. The van der Waals surface area contributed by atoms with Crippen LogP contribution in [0.4, 0.5) is 11.4 Å². The van der Waals surface area contributed by atoms with E-state index in [1.165, 1.54) is 0 Å². The number of aromatic nitrogens is 1. The smallest absolute Gasteiger partial charge is 0.261 e. The molecule has 0 atom stereocenters. The summed E-state index contributed by atoms with van der Waals surface area (Å²) in [6.07, 6.45) is 0. The molecule has 3 aromatic rings. The zero-order chi connectivity index (χ0) is 23.2. The summed E-state index contributed by atoms with van der Waals surface area (Å²) < 4.78 is 2.18. The van der Waals surface area contributed by atoms with Crippen molar-refractivity contribution >= 4 is 29.6 Å². The second kappa shape index (κ2) is 8.23. The molecule has 1 aliphatic heterocycles. The van der Waals surface area contributed by atoms with Crippen LogP contribution in [0.3, 0.4) is 0 Å². The average Bonchev–Trinajstić information content (AvgIpc) is 3.24. The molecule has 0 saturated heterocycles. The lowest BCUT2D eigenvalue weighted by atomic mass is 10.1. The van der Waals surface area contributed by atoms with E-state index in [4.69, 9.17) is 0 Å². The van der Waals surface area contributed by atoms with E-state index in [1.54, 1.807) is 0 Å². The van der Waals surface area contributed by atoms with Crippen LogP contribution in [0.25, 0.3) is 23.5 Å². The van der Waals surface area contributed by atoms with Gasteiger partial charge in [0, 0.05) is 63.2 Å². The first-order valence-electron chi connectivity index (χ1n) is 11.1. The summed E-state index contributed by atoms with van der Waals surface area (Å²) in [6.45, 7) is 9.93. The molecule has 4 rings (SSSR count). The quantitative estimate of drug-likeness (QED) is 0.604. The molecular formula is C27H32N4O. The van der Waals surface area contributed by atoms with E-state index in [0.29, 0.717) is 6.54 Å². The Balaban J connectivity index is 2.00. The number of benzene rings is 2. The first kappa shape index (κ1) is 21.8.